The number of carbonyl (C=O) groups is 2. The third kappa shape index (κ3) is 3.76. The molecule has 0 unspecified atom stereocenters. The molecular weight excluding hydrogens is 312 g/mol. The lowest BCUT2D eigenvalue weighted by Crippen LogP contribution is -2.37. The van der Waals surface area contributed by atoms with Crippen LogP contribution in [0.5, 0.6) is 0 Å². The quantitative estimate of drug-likeness (QED) is 0.639. The van der Waals surface area contributed by atoms with Gasteiger partial charge in [-0.2, -0.15) is 0 Å². The first kappa shape index (κ1) is 15.7. The monoisotopic (exact) mass is 330 g/mol. The van der Waals surface area contributed by atoms with Gasteiger partial charge in [-0.1, -0.05) is 12.1 Å². The van der Waals surface area contributed by atoms with Crippen molar-refractivity contribution in [3.8, 4) is 0 Å². The zero-order valence-electron chi connectivity index (χ0n) is 12.9. The van der Waals surface area contributed by atoms with Crippen LogP contribution in [0, 0.1) is 0 Å². The molecule has 120 valence electrons. The summed E-state index contributed by atoms with van der Waals surface area (Å²) in [5, 5.41) is 0.738. The van der Waals surface area contributed by atoms with Crippen LogP contribution in [0.1, 0.15) is 24.8 Å². The standard InChI is InChI=1S/C17H18N2O3S/c1-12(17(21)19-10-4-5-11-19)22-16(20)9-8-15-18-13-6-2-3-7-14(13)23-15/h2-3,6-9,12H,4-5,10-11H2,1H3/b9-8+/t12-/m1/s1. The van der Waals surface area contributed by atoms with E-state index in [0.29, 0.717) is 0 Å². The van der Waals surface area contributed by atoms with E-state index in [-0.39, 0.29) is 5.91 Å². The van der Waals surface area contributed by atoms with Gasteiger partial charge in [0.2, 0.25) is 0 Å². The van der Waals surface area contributed by atoms with E-state index < -0.39 is 12.1 Å². The summed E-state index contributed by atoms with van der Waals surface area (Å²) in [5.41, 5.74) is 0.906. The van der Waals surface area contributed by atoms with Gasteiger partial charge in [0.15, 0.2) is 6.10 Å². The van der Waals surface area contributed by atoms with Crippen molar-refractivity contribution in [3.63, 3.8) is 0 Å². The van der Waals surface area contributed by atoms with Gasteiger partial charge in [-0.25, -0.2) is 9.78 Å². The molecule has 1 aliphatic rings. The van der Waals surface area contributed by atoms with Crippen LogP contribution in [0.3, 0.4) is 0 Å². The lowest BCUT2D eigenvalue weighted by atomic mass is 10.3. The molecule has 5 nitrogen and oxygen atoms in total. The number of ether oxygens (including phenoxy) is 1. The molecule has 1 aromatic heterocycles. The predicted octanol–water partition coefficient (Wildman–Crippen LogP) is 2.86. The summed E-state index contributed by atoms with van der Waals surface area (Å²) >= 11 is 1.50. The summed E-state index contributed by atoms with van der Waals surface area (Å²) < 4.78 is 6.25. The van der Waals surface area contributed by atoms with Gasteiger partial charge in [-0.15, -0.1) is 11.3 Å². The molecule has 0 bridgehead atoms. The predicted molar refractivity (Wildman–Crippen MR) is 90.0 cm³/mol. The number of fused-ring (bicyclic) bond motifs is 1. The van der Waals surface area contributed by atoms with E-state index in [4.69, 9.17) is 4.74 Å². The number of nitrogens with zero attached hydrogens (tertiary/aromatic N) is 2. The Balaban J connectivity index is 1.58. The van der Waals surface area contributed by atoms with Gasteiger partial charge in [0.05, 0.1) is 10.2 Å². The molecule has 3 rings (SSSR count). The zero-order valence-corrected chi connectivity index (χ0v) is 13.7. The lowest BCUT2D eigenvalue weighted by molar-refractivity contribution is -0.154. The second-order valence-electron chi connectivity index (χ2n) is 5.46. The van der Waals surface area contributed by atoms with Gasteiger partial charge >= 0.3 is 5.97 Å². The third-order valence-electron chi connectivity index (χ3n) is 3.73. The molecule has 2 aromatic rings. The molecule has 1 amide bonds. The normalized spacial score (nSPS) is 16.1. The number of likely N-dealkylation sites (tertiary alicyclic amines) is 1. The molecule has 1 atom stereocenters. The molecule has 6 heteroatoms. The minimum atomic E-state index is -0.749. The molecule has 0 saturated carbocycles. The van der Waals surface area contributed by atoms with Crippen LogP contribution in [0.15, 0.2) is 30.3 Å². The maximum Gasteiger partial charge on any atom is 0.331 e. The summed E-state index contributed by atoms with van der Waals surface area (Å²) in [7, 11) is 0. The number of para-hydroxylation sites is 1. The number of thiazole rings is 1. The minimum absolute atomic E-state index is 0.121. The number of amides is 1. The molecule has 1 aliphatic heterocycles. The number of benzene rings is 1. The van der Waals surface area contributed by atoms with E-state index in [1.165, 1.54) is 17.4 Å². The smallest absolute Gasteiger partial charge is 0.331 e. The zero-order chi connectivity index (χ0) is 16.2. The van der Waals surface area contributed by atoms with Crippen molar-refractivity contribution < 1.29 is 14.3 Å². The van der Waals surface area contributed by atoms with Crippen molar-refractivity contribution in [2.45, 2.75) is 25.9 Å². The van der Waals surface area contributed by atoms with Gasteiger partial charge in [0.25, 0.3) is 5.91 Å². The Kier molecular flexibility index (Phi) is 4.71. The van der Waals surface area contributed by atoms with Gasteiger partial charge in [-0.05, 0) is 38.0 Å². The molecule has 0 aliphatic carbocycles. The van der Waals surface area contributed by atoms with Crippen molar-refractivity contribution in [1.82, 2.24) is 9.88 Å². The van der Waals surface area contributed by atoms with E-state index in [9.17, 15) is 9.59 Å². The van der Waals surface area contributed by atoms with Crippen molar-refractivity contribution in [2.24, 2.45) is 0 Å². The van der Waals surface area contributed by atoms with Crippen molar-refractivity contribution in [3.05, 3.63) is 35.3 Å². The topological polar surface area (TPSA) is 59.5 Å². The van der Waals surface area contributed by atoms with Gasteiger partial charge < -0.3 is 9.64 Å². The van der Waals surface area contributed by atoms with Crippen LogP contribution in [0.4, 0.5) is 0 Å². The Bertz CT molecular complexity index is 714. The fraction of sp³-hybridized carbons (Fsp3) is 0.353. The molecule has 1 aromatic carbocycles. The summed E-state index contributed by atoms with van der Waals surface area (Å²) in [4.78, 5) is 30.1. The third-order valence-corrected chi connectivity index (χ3v) is 4.73. The highest BCUT2D eigenvalue weighted by atomic mass is 32.1. The van der Waals surface area contributed by atoms with E-state index >= 15 is 0 Å². The first-order valence-electron chi connectivity index (χ1n) is 7.66. The minimum Gasteiger partial charge on any atom is -0.449 e. The van der Waals surface area contributed by atoms with E-state index in [1.54, 1.807) is 17.9 Å². The summed E-state index contributed by atoms with van der Waals surface area (Å²) in [5.74, 6) is -0.645. The van der Waals surface area contributed by atoms with Crippen LogP contribution in [-0.2, 0) is 14.3 Å². The average molecular weight is 330 g/mol. The number of esters is 1. The van der Waals surface area contributed by atoms with Crippen LogP contribution >= 0.6 is 11.3 Å². The molecule has 1 saturated heterocycles. The maximum absolute atomic E-state index is 12.1. The fourth-order valence-corrected chi connectivity index (χ4v) is 3.43. The summed E-state index contributed by atoms with van der Waals surface area (Å²) in [6, 6.07) is 7.79. The molecule has 0 spiro atoms. The molecule has 0 N–H and O–H groups in total. The van der Waals surface area contributed by atoms with Crippen LogP contribution < -0.4 is 0 Å². The maximum atomic E-state index is 12.1. The van der Waals surface area contributed by atoms with Crippen LogP contribution in [0.2, 0.25) is 0 Å². The van der Waals surface area contributed by atoms with Crippen molar-refractivity contribution in [2.75, 3.05) is 13.1 Å². The highest BCUT2D eigenvalue weighted by Crippen LogP contribution is 2.22. The second kappa shape index (κ2) is 6.91. The van der Waals surface area contributed by atoms with Gasteiger partial charge in [0.1, 0.15) is 5.01 Å². The summed E-state index contributed by atoms with van der Waals surface area (Å²) in [6.07, 6.45) is 4.24. The largest absolute Gasteiger partial charge is 0.449 e. The Morgan fingerprint density at radius 1 is 1.30 bits per heavy atom. The molecular formula is C17H18N2O3S. The van der Waals surface area contributed by atoms with Crippen molar-refractivity contribution in [1.29, 1.82) is 0 Å². The van der Waals surface area contributed by atoms with E-state index in [0.717, 1.165) is 41.2 Å². The first-order chi connectivity index (χ1) is 11.1. The number of hydrogen-bond acceptors (Lipinski definition) is 5. The number of aromatic nitrogens is 1. The van der Waals surface area contributed by atoms with E-state index in [1.807, 2.05) is 24.3 Å². The lowest BCUT2D eigenvalue weighted by Gasteiger charge is -2.19. The average Bonchev–Trinajstić information content (AvgIpc) is 3.21. The van der Waals surface area contributed by atoms with Crippen molar-refractivity contribution >= 4 is 39.5 Å². The molecule has 1 fully saturated rings. The molecule has 2 heterocycles. The van der Waals surface area contributed by atoms with Crippen LogP contribution in [-0.4, -0.2) is 41.0 Å². The Morgan fingerprint density at radius 3 is 2.78 bits per heavy atom. The Hall–Kier alpha value is -2.21. The van der Waals surface area contributed by atoms with Gasteiger partial charge in [-0.3, -0.25) is 4.79 Å². The molecule has 0 radical (unpaired) electrons. The van der Waals surface area contributed by atoms with E-state index in [2.05, 4.69) is 4.98 Å². The first-order valence-corrected chi connectivity index (χ1v) is 8.48. The molecule has 23 heavy (non-hydrogen) atoms. The highest BCUT2D eigenvalue weighted by Gasteiger charge is 2.25. The highest BCUT2D eigenvalue weighted by molar-refractivity contribution is 7.19. The Labute approximate surface area is 138 Å². The number of carbonyl (C=O) groups excluding carboxylic acids is 2. The van der Waals surface area contributed by atoms with Gasteiger partial charge in [0, 0.05) is 19.2 Å². The number of rotatable bonds is 4. The van der Waals surface area contributed by atoms with Crippen LogP contribution in [0.25, 0.3) is 16.3 Å². The SMILES string of the molecule is C[C@@H](OC(=O)/C=C/c1nc2ccccc2s1)C(=O)N1CCCC1. The summed E-state index contributed by atoms with van der Waals surface area (Å²) in [6.45, 7) is 3.12. The Morgan fingerprint density at radius 2 is 2.04 bits per heavy atom. The number of hydrogen-bond donors (Lipinski definition) is 0. The fourth-order valence-electron chi connectivity index (χ4n) is 2.56. The second-order valence-corrected chi connectivity index (χ2v) is 6.53.